The van der Waals surface area contributed by atoms with Gasteiger partial charge in [-0.15, -0.1) is 0 Å². The van der Waals surface area contributed by atoms with E-state index in [0.29, 0.717) is 32.1 Å². The highest BCUT2D eigenvalue weighted by molar-refractivity contribution is 5.85. The Labute approximate surface area is 115 Å². The minimum atomic E-state index is -1.14. The van der Waals surface area contributed by atoms with Gasteiger partial charge in [-0.1, -0.05) is 0 Å². The Morgan fingerprint density at radius 2 is 2.05 bits per heavy atom. The van der Waals surface area contributed by atoms with Gasteiger partial charge in [0.25, 0.3) is 0 Å². The summed E-state index contributed by atoms with van der Waals surface area (Å²) in [5.41, 5.74) is -0.136. The van der Waals surface area contributed by atoms with Crippen molar-refractivity contribution >= 4 is 17.7 Å². The third-order valence-corrected chi connectivity index (χ3v) is 2.93. The van der Waals surface area contributed by atoms with E-state index in [1.54, 1.807) is 11.8 Å². The van der Waals surface area contributed by atoms with Gasteiger partial charge < -0.3 is 20.1 Å². The maximum absolute atomic E-state index is 12.1. The highest BCUT2D eigenvalue weighted by atomic mass is 16.5. The Morgan fingerprint density at radius 1 is 1.35 bits per heavy atom. The molecule has 0 spiro atoms. The van der Waals surface area contributed by atoms with Crippen molar-refractivity contribution < 1.29 is 19.4 Å². The van der Waals surface area contributed by atoms with Crippen molar-refractivity contribution in [1.82, 2.24) is 14.9 Å². The lowest BCUT2D eigenvalue weighted by Gasteiger charge is -2.29. The SMILES string of the molecule is CC(Nc1cnc(C(=O)O)cn1)C(=O)N1CCOCC1. The molecule has 1 unspecified atom stereocenters. The molecule has 1 aliphatic rings. The zero-order valence-electron chi connectivity index (χ0n) is 11.1. The minimum absolute atomic E-state index is 0.0441. The number of morpholine rings is 1. The number of carbonyl (C=O) groups is 2. The Kier molecular flexibility index (Phi) is 4.46. The van der Waals surface area contributed by atoms with Crippen molar-refractivity contribution in [3.8, 4) is 0 Å². The summed E-state index contributed by atoms with van der Waals surface area (Å²) >= 11 is 0. The molecule has 1 fully saturated rings. The fraction of sp³-hybridized carbons (Fsp3) is 0.500. The predicted molar refractivity (Wildman–Crippen MR) is 69.5 cm³/mol. The van der Waals surface area contributed by atoms with E-state index in [1.807, 2.05) is 0 Å². The summed E-state index contributed by atoms with van der Waals surface area (Å²) < 4.78 is 5.19. The van der Waals surface area contributed by atoms with Crippen LogP contribution in [0.25, 0.3) is 0 Å². The first-order valence-corrected chi connectivity index (χ1v) is 6.26. The van der Waals surface area contributed by atoms with Gasteiger partial charge >= 0.3 is 5.97 Å². The van der Waals surface area contributed by atoms with Crippen LogP contribution in [0.1, 0.15) is 17.4 Å². The fourth-order valence-electron chi connectivity index (χ4n) is 1.85. The van der Waals surface area contributed by atoms with Crippen LogP contribution >= 0.6 is 0 Å². The number of ether oxygens (including phenoxy) is 1. The van der Waals surface area contributed by atoms with Crippen molar-refractivity contribution in [2.45, 2.75) is 13.0 Å². The molecule has 20 heavy (non-hydrogen) atoms. The number of nitrogens with zero attached hydrogens (tertiary/aromatic N) is 3. The van der Waals surface area contributed by atoms with E-state index in [4.69, 9.17) is 9.84 Å². The molecule has 8 heteroatoms. The number of hydrogen-bond donors (Lipinski definition) is 2. The van der Waals surface area contributed by atoms with Crippen LogP contribution in [0.3, 0.4) is 0 Å². The van der Waals surface area contributed by atoms with Crippen LogP contribution in [0.4, 0.5) is 5.82 Å². The Bertz CT molecular complexity index is 485. The topological polar surface area (TPSA) is 105 Å². The van der Waals surface area contributed by atoms with Crippen molar-refractivity contribution in [3.05, 3.63) is 18.1 Å². The van der Waals surface area contributed by atoms with E-state index >= 15 is 0 Å². The molecular formula is C12H16N4O4. The maximum atomic E-state index is 12.1. The number of amides is 1. The molecule has 1 aliphatic heterocycles. The van der Waals surface area contributed by atoms with Crippen LogP contribution in [0.2, 0.25) is 0 Å². The number of aromatic carboxylic acids is 1. The summed E-state index contributed by atoms with van der Waals surface area (Å²) in [6, 6.07) is -0.460. The maximum Gasteiger partial charge on any atom is 0.356 e. The highest BCUT2D eigenvalue weighted by Gasteiger charge is 2.22. The van der Waals surface area contributed by atoms with Gasteiger partial charge in [-0.05, 0) is 6.92 Å². The molecule has 0 bridgehead atoms. The molecule has 0 radical (unpaired) electrons. The van der Waals surface area contributed by atoms with E-state index in [-0.39, 0.29) is 11.6 Å². The zero-order chi connectivity index (χ0) is 14.5. The first-order valence-electron chi connectivity index (χ1n) is 6.26. The van der Waals surface area contributed by atoms with Crippen LogP contribution in [-0.2, 0) is 9.53 Å². The molecule has 1 aromatic rings. The summed E-state index contributed by atoms with van der Waals surface area (Å²) in [5.74, 6) is -0.817. The van der Waals surface area contributed by atoms with Crippen molar-refractivity contribution in [3.63, 3.8) is 0 Å². The summed E-state index contributed by atoms with van der Waals surface area (Å²) in [6.45, 7) is 3.98. The summed E-state index contributed by atoms with van der Waals surface area (Å²) in [6.07, 6.45) is 2.45. The second-order valence-corrected chi connectivity index (χ2v) is 4.40. The molecule has 0 saturated carbocycles. The molecule has 8 nitrogen and oxygen atoms in total. The lowest BCUT2D eigenvalue weighted by molar-refractivity contribution is -0.135. The van der Waals surface area contributed by atoms with Crippen LogP contribution in [0.5, 0.6) is 0 Å². The molecule has 108 valence electrons. The number of anilines is 1. The quantitative estimate of drug-likeness (QED) is 0.789. The van der Waals surface area contributed by atoms with Crippen molar-refractivity contribution in [1.29, 1.82) is 0 Å². The van der Waals surface area contributed by atoms with Crippen LogP contribution in [0, 0.1) is 0 Å². The molecule has 1 saturated heterocycles. The zero-order valence-corrected chi connectivity index (χ0v) is 11.1. The van der Waals surface area contributed by atoms with Gasteiger partial charge in [-0.2, -0.15) is 0 Å². The molecule has 1 atom stereocenters. The van der Waals surface area contributed by atoms with E-state index in [2.05, 4.69) is 15.3 Å². The first-order chi connectivity index (χ1) is 9.58. The lowest BCUT2D eigenvalue weighted by atomic mass is 10.2. The molecule has 1 aromatic heterocycles. The molecular weight excluding hydrogens is 264 g/mol. The van der Waals surface area contributed by atoms with Gasteiger partial charge in [0.2, 0.25) is 5.91 Å². The number of rotatable bonds is 4. The number of carboxylic acid groups (broad SMARTS) is 1. The normalized spacial score (nSPS) is 16.6. The van der Waals surface area contributed by atoms with Gasteiger partial charge in [-0.25, -0.2) is 14.8 Å². The third-order valence-electron chi connectivity index (χ3n) is 2.93. The number of aromatic nitrogens is 2. The van der Waals surface area contributed by atoms with Crippen LogP contribution in [0.15, 0.2) is 12.4 Å². The number of carboxylic acids is 1. The number of hydrogen-bond acceptors (Lipinski definition) is 6. The summed E-state index contributed by atoms with van der Waals surface area (Å²) in [7, 11) is 0. The molecule has 1 amide bonds. The molecule has 2 rings (SSSR count). The van der Waals surface area contributed by atoms with Crippen LogP contribution in [-0.4, -0.2) is 64.2 Å². The van der Waals surface area contributed by atoms with Gasteiger partial charge in [0.1, 0.15) is 11.9 Å². The Morgan fingerprint density at radius 3 is 2.60 bits per heavy atom. The van der Waals surface area contributed by atoms with Crippen molar-refractivity contribution in [2.75, 3.05) is 31.6 Å². The average Bonchev–Trinajstić information content (AvgIpc) is 2.48. The van der Waals surface area contributed by atoms with Crippen LogP contribution < -0.4 is 5.32 Å². The van der Waals surface area contributed by atoms with Gasteiger partial charge in [-0.3, -0.25) is 4.79 Å². The van der Waals surface area contributed by atoms with E-state index in [1.165, 1.54) is 6.20 Å². The molecule has 0 aromatic carbocycles. The minimum Gasteiger partial charge on any atom is -0.476 e. The molecule has 2 heterocycles. The van der Waals surface area contributed by atoms with Gasteiger partial charge in [0.05, 0.1) is 25.6 Å². The number of nitrogens with one attached hydrogen (secondary N) is 1. The molecule has 2 N–H and O–H groups in total. The van der Waals surface area contributed by atoms with E-state index in [0.717, 1.165) is 6.20 Å². The monoisotopic (exact) mass is 280 g/mol. The fourth-order valence-corrected chi connectivity index (χ4v) is 1.85. The molecule has 0 aliphatic carbocycles. The predicted octanol–water partition coefficient (Wildman–Crippen LogP) is -0.166. The van der Waals surface area contributed by atoms with Gasteiger partial charge in [0, 0.05) is 13.1 Å². The number of carbonyl (C=O) groups excluding carboxylic acids is 1. The Balaban J connectivity index is 1.94. The summed E-state index contributed by atoms with van der Waals surface area (Å²) in [4.78, 5) is 32.2. The largest absolute Gasteiger partial charge is 0.476 e. The second-order valence-electron chi connectivity index (χ2n) is 4.40. The third kappa shape index (κ3) is 3.41. The van der Waals surface area contributed by atoms with Gasteiger partial charge in [0.15, 0.2) is 5.69 Å². The summed E-state index contributed by atoms with van der Waals surface area (Å²) in [5, 5.41) is 11.6. The average molecular weight is 280 g/mol. The lowest BCUT2D eigenvalue weighted by Crippen LogP contribution is -2.47. The van der Waals surface area contributed by atoms with E-state index in [9.17, 15) is 9.59 Å². The first kappa shape index (κ1) is 14.2. The Hall–Kier alpha value is -2.22. The highest BCUT2D eigenvalue weighted by Crippen LogP contribution is 2.07. The van der Waals surface area contributed by atoms with E-state index < -0.39 is 12.0 Å². The smallest absolute Gasteiger partial charge is 0.356 e. The van der Waals surface area contributed by atoms with Crippen molar-refractivity contribution in [2.24, 2.45) is 0 Å². The standard InChI is InChI=1S/C12H16N4O4/c1-8(11(17)16-2-4-20-5-3-16)15-10-7-13-9(6-14-10)12(18)19/h6-8H,2-5H2,1H3,(H,14,15)(H,18,19). The second kappa shape index (κ2) is 6.29.